The normalized spacial score (nSPS) is 13.6. The van der Waals surface area contributed by atoms with Gasteiger partial charge >= 0.3 is 0 Å². The van der Waals surface area contributed by atoms with Gasteiger partial charge in [-0.05, 0) is 36.0 Å². The number of Topliss-reactive ketones (excluding diaryl/α,β-unsaturated/α-hetero) is 1. The third-order valence-corrected chi connectivity index (χ3v) is 3.29. The highest BCUT2D eigenvalue weighted by molar-refractivity contribution is 5.94. The number of ketones is 1. The molecule has 0 fully saturated rings. The van der Waals surface area contributed by atoms with E-state index in [4.69, 9.17) is 0 Å². The molecule has 1 heterocycles. The fourth-order valence-corrected chi connectivity index (χ4v) is 2.42. The molecule has 2 aromatic rings. The van der Waals surface area contributed by atoms with Crippen LogP contribution in [0, 0.1) is 0 Å². The van der Waals surface area contributed by atoms with Crippen LogP contribution in [0.5, 0.6) is 0 Å². The van der Waals surface area contributed by atoms with E-state index in [-0.39, 0.29) is 5.78 Å². The average Bonchev–Trinajstić information content (AvgIpc) is 2.99. The molecule has 3 heteroatoms. The molecular formula is C14H14N2O. The van der Waals surface area contributed by atoms with Gasteiger partial charge in [-0.1, -0.05) is 18.2 Å². The second kappa shape index (κ2) is 4.17. The third-order valence-electron chi connectivity index (χ3n) is 3.29. The number of carbonyl (C=O) groups is 1. The number of hydrogen-bond donors (Lipinski definition) is 1. The van der Waals surface area contributed by atoms with Gasteiger partial charge in [-0.15, -0.1) is 0 Å². The predicted molar refractivity (Wildman–Crippen MR) is 65.1 cm³/mol. The second-order valence-electron chi connectivity index (χ2n) is 4.49. The second-order valence-corrected chi connectivity index (χ2v) is 4.49. The minimum atomic E-state index is 0.0490. The van der Waals surface area contributed by atoms with Gasteiger partial charge in [0.1, 0.15) is 0 Å². The molecule has 0 atom stereocenters. The van der Waals surface area contributed by atoms with Gasteiger partial charge in [0.15, 0.2) is 5.82 Å². The van der Waals surface area contributed by atoms with E-state index in [9.17, 15) is 4.79 Å². The lowest BCUT2D eigenvalue weighted by atomic mass is 10.0. The van der Waals surface area contributed by atoms with Crippen molar-refractivity contribution in [3.63, 3.8) is 0 Å². The van der Waals surface area contributed by atoms with Gasteiger partial charge in [-0.25, -0.2) is 4.98 Å². The summed E-state index contributed by atoms with van der Waals surface area (Å²) in [6, 6.07) is 6.39. The molecule has 1 aliphatic carbocycles. The number of carbonyl (C=O) groups excluding carboxylic acids is 1. The molecule has 0 bridgehead atoms. The molecule has 0 saturated heterocycles. The van der Waals surface area contributed by atoms with Crippen LogP contribution in [0.1, 0.15) is 33.7 Å². The maximum absolute atomic E-state index is 11.9. The van der Waals surface area contributed by atoms with E-state index in [1.807, 2.05) is 0 Å². The lowest BCUT2D eigenvalue weighted by molar-refractivity contribution is 0.0984. The van der Waals surface area contributed by atoms with E-state index in [0.717, 1.165) is 12.0 Å². The van der Waals surface area contributed by atoms with Gasteiger partial charge in [-0.2, -0.15) is 0 Å². The Morgan fingerprint density at radius 2 is 2.18 bits per heavy atom. The minimum absolute atomic E-state index is 0.0490. The molecule has 3 rings (SSSR count). The van der Waals surface area contributed by atoms with Gasteiger partial charge in [0, 0.05) is 18.8 Å². The van der Waals surface area contributed by atoms with Crippen molar-refractivity contribution >= 4 is 5.78 Å². The monoisotopic (exact) mass is 226 g/mol. The number of rotatable bonds is 3. The van der Waals surface area contributed by atoms with Crippen molar-refractivity contribution in [3.05, 3.63) is 53.1 Å². The highest BCUT2D eigenvalue weighted by atomic mass is 16.1. The first-order valence-corrected chi connectivity index (χ1v) is 5.96. The van der Waals surface area contributed by atoms with Gasteiger partial charge in [0.25, 0.3) is 0 Å². The van der Waals surface area contributed by atoms with E-state index in [1.54, 1.807) is 12.4 Å². The largest absolute Gasteiger partial charge is 0.342 e. The number of fused-ring (bicyclic) bond motifs is 1. The van der Waals surface area contributed by atoms with E-state index in [1.165, 1.54) is 24.0 Å². The van der Waals surface area contributed by atoms with Gasteiger partial charge in [0.2, 0.25) is 5.78 Å². The van der Waals surface area contributed by atoms with E-state index < -0.39 is 0 Å². The zero-order valence-electron chi connectivity index (χ0n) is 9.57. The Balaban J connectivity index is 1.80. The lowest BCUT2D eigenvalue weighted by Crippen LogP contribution is -2.06. The maximum Gasteiger partial charge on any atom is 0.202 e. The minimum Gasteiger partial charge on any atom is -0.342 e. The number of aromatic nitrogens is 2. The topological polar surface area (TPSA) is 45.8 Å². The summed E-state index contributed by atoms with van der Waals surface area (Å²) in [5.41, 5.74) is 3.95. The van der Waals surface area contributed by atoms with Gasteiger partial charge < -0.3 is 4.98 Å². The van der Waals surface area contributed by atoms with Crippen molar-refractivity contribution in [3.8, 4) is 0 Å². The lowest BCUT2D eigenvalue weighted by Gasteiger charge is -2.03. The molecule has 0 unspecified atom stereocenters. The highest BCUT2D eigenvalue weighted by Gasteiger charge is 2.13. The Hall–Kier alpha value is -1.90. The summed E-state index contributed by atoms with van der Waals surface area (Å²) < 4.78 is 0. The van der Waals surface area contributed by atoms with Crippen molar-refractivity contribution in [2.75, 3.05) is 0 Å². The van der Waals surface area contributed by atoms with Crippen molar-refractivity contribution in [2.24, 2.45) is 0 Å². The number of nitrogens with one attached hydrogen (secondary N) is 1. The summed E-state index contributed by atoms with van der Waals surface area (Å²) in [5, 5.41) is 0. The molecule has 17 heavy (non-hydrogen) atoms. The zero-order valence-corrected chi connectivity index (χ0v) is 9.57. The first kappa shape index (κ1) is 10.3. The SMILES string of the molecule is O=C(Cc1ccc2c(c1)CCC2)c1ncc[nH]1. The Morgan fingerprint density at radius 3 is 3.00 bits per heavy atom. The summed E-state index contributed by atoms with van der Waals surface area (Å²) in [4.78, 5) is 18.7. The molecule has 0 aliphatic heterocycles. The number of imidazole rings is 1. The molecule has 0 amide bonds. The molecule has 1 N–H and O–H groups in total. The summed E-state index contributed by atoms with van der Waals surface area (Å²) in [5.74, 6) is 0.499. The average molecular weight is 226 g/mol. The molecule has 0 spiro atoms. The summed E-state index contributed by atoms with van der Waals surface area (Å²) >= 11 is 0. The maximum atomic E-state index is 11.9. The van der Waals surface area contributed by atoms with Crippen LogP contribution in [0.3, 0.4) is 0 Å². The number of aryl methyl sites for hydroxylation is 2. The molecule has 0 radical (unpaired) electrons. The molecule has 0 saturated carbocycles. The highest BCUT2D eigenvalue weighted by Crippen LogP contribution is 2.23. The molecule has 1 aromatic heterocycles. The quantitative estimate of drug-likeness (QED) is 0.816. The van der Waals surface area contributed by atoms with Gasteiger partial charge in [-0.3, -0.25) is 4.79 Å². The fraction of sp³-hybridized carbons (Fsp3) is 0.286. The first-order chi connectivity index (χ1) is 8.33. The van der Waals surface area contributed by atoms with Crippen LogP contribution in [0.25, 0.3) is 0 Å². The van der Waals surface area contributed by atoms with Crippen LogP contribution in [0.2, 0.25) is 0 Å². The number of aromatic amines is 1. The fourth-order valence-electron chi connectivity index (χ4n) is 2.42. The Bertz CT molecular complexity index is 543. The number of benzene rings is 1. The van der Waals surface area contributed by atoms with Crippen LogP contribution < -0.4 is 0 Å². The van der Waals surface area contributed by atoms with Crippen LogP contribution in [-0.2, 0) is 19.3 Å². The number of hydrogen-bond acceptors (Lipinski definition) is 2. The van der Waals surface area contributed by atoms with Crippen LogP contribution in [-0.4, -0.2) is 15.8 Å². The Labute approximate surface area is 99.9 Å². The molecule has 86 valence electrons. The van der Waals surface area contributed by atoms with Crippen LogP contribution in [0.4, 0.5) is 0 Å². The summed E-state index contributed by atoms with van der Waals surface area (Å²) in [6.45, 7) is 0. The number of nitrogens with zero attached hydrogens (tertiary/aromatic N) is 1. The van der Waals surface area contributed by atoms with Crippen molar-refractivity contribution < 1.29 is 4.79 Å². The van der Waals surface area contributed by atoms with Crippen molar-refractivity contribution in [1.82, 2.24) is 9.97 Å². The van der Waals surface area contributed by atoms with E-state index in [0.29, 0.717) is 12.2 Å². The predicted octanol–water partition coefficient (Wildman–Crippen LogP) is 2.32. The van der Waals surface area contributed by atoms with Crippen LogP contribution >= 0.6 is 0 Å². The van der Waals surface area contributed by atoms with Crippen molar-refractivity contribution in [1.29, 1.82) is 0 Å². The molecular weight excluding hydrogens is 212 g/mol. The Kier molecular flexibility index (Phi) is 2.52. The molecule has 1 aliphatic rings. The van der Waals surface area contributed by atoms with E-state index >= 15 is 0 Å². The first-order valence-electron chi connectivity index (χ1n) is 5.96. The van der Waals surface area contributed by atoms with Crippen LogP contribution in [0.15, 0.2) is 30.6 Å². The summed E-state index contributed by atoms with van der Waals surface area (Å²) in [6.07, 6.45) is 7.29. The number of H-pyrrole nitrogens is 1. The molecule has 3 nitrogen and oxygen atoms in total. The zero-order chi connectivity index (χ0) is 11.7. The molecule has 1 aromatic carbocycles. The smallest absolute Gasteiger partial charge is 0.202 e. The standard InChI is InChI=1S/C14H14N2O/c17-13(14-15-6-7-16-14)9-10-4-5-11-2-1-3-12(11)8-10/h4-8H,1-3,9H2,(H,15,16). The van der Waals surface area contributed by atoms with Crippen molar-refractivity contribution in [2.45, 2.75) is 25.7 Å². The van der Waals surface area contributed by atoms with Gasteiger partial charge in [0.05, 0.1) is 0 Å². The Morgan fingerprint density at radius 1 is 1.29 bits per heavy atom. The summed E-state index contributed by atoms with van der Waals surface area (Å²) in [7, 11) is 0. The van der Waals surface area contributed by atoms with E-state index in [2.05, 4.69) is 28.2 Å². The third kappa shape index (κ3) is 2.00.